The van der Waals surface area contributed by atoms with Crippen LogP contribution in [0, 0.1) is 0 Å². The van der Waals surface area contributed by atoms with Gasteiger partial charge in [0.25, 0.3) is 0 Å². The zero-order valence-corrected chi connectivity index (χ0v) is 12.8. The van der Waals surface area contributed by atoms with Crippen molar-refractivity contribution in [3.63, 3.8) is 0 Å². The fraction of sp³-hybridized carbons (Fsp3) is 0.769. The molecule has 0 aliphatic rings. The number of rotatable bonds is 10. The molecule has 7 heteroatoms. The van der Waals surface area contributed by atoms with Gasteiger partial charge in [-0.1, -0.05) is 20.8 Å². The average molecular weight is 281 g/mol. The number of nitrogen functional groups attached to an aromatic ring is 1. The van der Waals surface area contributed by atoms with Crippen molar-refractivity contribution in [3.05, 3.63) is 0 Å². The molecule has 0 atom stereocenters. The third kappa shape index (κ3) is 6.01. The number of hydrogen-bond acceptors (Lipinski definition) is 7. The van der Waals surface area contributed by atoms with E-state index in [1.807, 2.05) is 0 Å². The average Bonchev–Trinajstić information content (AvgIpc) is 2.45. The summed E-state index contributed by atoms with van der Waals surface area (Å²) >= 11 is 0. The largest absolute Gasteiger partial charge is 0.368 e. The van der Waals surface area contributed by atoms with E-state index >= 15 is 0 Å². The van der Waals surface area contributed by atoms with E-state index in [9.17, 15) is 0 Å². The second kappa shape index (κ2) is 9.30. The molecule has 1 aromatic rings. The Bertz CT molecular complexity index is 379. The van der Waals surface area contributed by atoms with Crippen molar-refractivity contribution in [1.29, 1.82) is 0 Å². The maximum absolute atomic E-state index is 5.68. The van der Waals surface area contributed by atoms with Crippen LogP contribution in [0.2, 0.25) is 0 Å². The first kappa shape index (κ1) is 16.4. The van der Waals surface area contributed by atoms with E-state index in [0.29, 0.717) is 11.9 Å². The van der Waals surface area contributed by atoms with E-state index in [1.165, 1.54) is 0 Å². The summed E-state index contributed by atoms with van der Waals surface area (Å²) in [6, 6.07) is 0. The number of anilines is 3. The molecule has 0 aliphatic heterocycles. The van der Waals surface area contributed by atoms with E-state index in [2.05, 4.69) is 51.3 Å². The van der Waals surface area contributed by atoms with Gasteiger partial charge in [0, 0.05) is 13.1 Å². The predicted molar refractivity (Wildman–Crippen MR) is 83.9 cm³/mol. The summed E-state index contributed by atoms with van der Waals surface area (Å²) in [5, 5.41) is 6.31. The van der Waals surface area contributed by atoms with Crippen LogP contribution in [-0.4, -0.2) is 52.6 Å². The quantitative estimate of drug-likeness (QED) is 0.558. The summed E-state index contributed by atoms with van der Waals surface area (Å²) in [4.78, 5) is 14.8. The molecule has 0 saturated heterocycles. The highest BCUT2D eigenvalue weighted by Gasteiger charge is 2.04. The molecule has 0 bridgehead atoms. The smallest absolute Gasteiger partial charge is 0.229 e. The van der Waals surface area contributed by atoms with Crippen LogP contribution in [0.1, 0.15) is 33.6 Å². The van der Waals surface area contributed by atoms with Gasteiger partial charge in [-0.15, -0.1) is 0 Å². The lowest BCUT2D eigenvalue weighted by molar-refractivity contribution is 0.303. The first-order valence-electron chi connectivity index (χ1n) is 7.41. The van der Waals surface area contributed by atoms with Crippen LogP contribution in [0.15, 0.2) is 0 Å². The molecule has 0 saturated carbocycles. The molecule has 0 radical (unpaired) electrons. The Morgan fingerprint density at radius 2 is 1.55 bits per heavy atom. The Kier molecular flexibility index (Phi) is 7.64. The number of nitrogens with two attached hydrogens (primary N) is 1. The molecule has 0 aliphatic carbocycles. The van der Waals surface area contributed by atoms with Gasteiger partial charge in [-0.2, -0.15) is 15.0 Å². The summed E-state index contributed by atoms with van der Waals surface area (Å²) in [6.07, 6.45) is 2.06. The van der Waals surface area contributed by atoms with Gasteiger partial charge in [0.15, 0.2) is 0 Å². The monoisotopic (exact) mass is 281 g/mol. The topological polar surface area (TPSA) is 92.0 Å². The molecule has 0 aromatic carbocycles. The van der Waals surface area contributed by atoms with Gasteiger partial charge < -0.3 is 21.3 Å². The fourth-order valence-corrected chi connectivity index (χ4v) is 1.83. The standard InChI is InChI=1S/C13H27N7/c1-4-8-15-12-17-11(14)18-13(19-12)16-9-7-10-20(5-2)6-3/h4-10H2,1-3H3,(H4,14,15,16,17,18,19). The zero-order chi connectivity index (χ0) is 14.8. The molecule has 0 fully saturated rings. The normalized spacial score (nSPS) is 10.8. The lowest BCUT2D eigenvalue weighted by atomic mass is 10.3. The van der Waals surface area contributed by atoms with Crippen LogP contribution in [0.5, 0.6) is 0 Å². The van der Waals surface area contributed by atoms with E-state index in [1.54, 1.807) is 0 Å². The summed E-state index contributed by atoms with van der Waals surface area (Å²) < 4.78 is 0. The van der Waals surface area contributed by atoms with E-state index < -0.39 is 0 Å². The molecule has 0 spiro atoms. The van der Waals surface area contributed by atoms with Gasteiger partial charge in [0.05, 0.1) is 0 Å². The summed E-state index contributed by atoms with van der Waals surface area (Å²) in [6.45, 7) is 11.3. The zero-order valence-electron chi connectivity index (χ0n) is 12.8. The number of hydrogen-bond donors (Lipinski definition) is 3. The molecule has 0 amide bonds. The van der Waals surface area contributed by atoms with Crippen molar-refractivity contribution in [2.24, 2.45) is 0 Å². The Hall–Kier alpha value is -1.63. The Morgan fingerprint density at radius 1 is 0.950 bits per heavy atom. The molecule has 114 valence electrons. The molecule has 20 heavy (non-hydrogen) atoms. The van der Waals surface area contributed by atoms with Gasteiger partial charge in [-0.05, 0) is 32.5 Å². The summed E-state index contributed by atoms with van der Waals surface area (Å²) in [5.41, 5.74) is 5.68. The summed E-state index contributed by atoms with van der Waals surface area (Å²) in [7, 11) is 0. The van der Waals surface area contributed by atoms with Gasteiger partial charge in [-0.25, -0.2) is 0 Å². The minimum Gasteiger partial charge on any atom is -0.368 e. The Balaban J connectivity index is 2.41. The highest BCUT2D eigenvalue weighted by Crippen LogP contribution is 2.06. The van der Waals surface area contributed by atoms with E-state index in [4.69, 9.17) is 5.73 Å². The Morgan fingerprint density at radius 3 is 2.10 bits per heavy atom. The van der Waals surface area contributed by atoms with Gasteiger partial charge in [0.1, 0.15) is 0 Å². The predicted octanol–water partition coefficient (Wildman–Crippen LogP) is 1.42. The highest BCUT2D eigenvalue weighted by molar-refractivity contribution is 5.39. The third-order valence-electron chi connectivity index (χ3n) is 3.01. The van der Waals surface area contributed by atoms with E-state index in [-0.39, 0.29) is 5.95 Å². The van der Waals surface area contributed by atoms with Crippen molar-refractivity contribution in [2.75, 3.05) is 49.1 Å². The minimum atomic E-state index is 0.241. The molecular formula is C13H27N7. The van der Waals surface area contributed by atoms with Gasteiger partial charge >= 0.3 is 0 Å². The second-order valence-electron chi connectivity index (χ2n) is 4.57. The third-order valence-corrected chi connectivity index (χ3v) is 3.01. The number of nitrogens with one attached hydrogen (secondary N) is 2. The minimum absolute atomic E-state index is 0.241. The van der Waals surface area contributed by atoms with Crippen molar-refractivity contribution in [1.82, 2.24) is 19.9 Å². The second-order valence-corrected chi connectivity index (χ2v) is 4.57. The van der Waals surface area contributed by atoms with Crippen LogP contribution in [0.3, 0.4) is 0 Å². The van der Waals surface area contributed by atoms with Crippen LogP contribution in [-0.2, 0) is 0 Å². The molecule has 0 unspecified atom stereocenters. The summed E-state index contributed by atoms with van der Waals surface area (Å²) in [5.74, 6) is 1.31. The maximum atomic E-state index is 5.68. The van der Waals surface area contributed by atoms with Gasteiger partial charge in [0.2, 0.25) is 17.8 Å². The van der Waals surface area contributed by atoms with Crippen LogP contribution in [0.25, 0.3) is 0 Å². The first-order chi connectivity index (χ1) is 9.69. The molecule has 1 aromatic heterocycles. The lowest BCUT2D eigenvalue weighted by Gasteiger charge is -2.17. The number of nitrogens with zero attached hydrogens (tertiary/aromatic N) is 4. The Labute approximate surface area is 121 Å². The van der Waals surface area contributed by atoms with Gasteiger partial charge in [-0.3, -0.25) is 0 Å². The SMILES string of the molecule is CCCNc1nc(N)nc(NCCCN(CC)CC)n1. The van der Waals surface area contributed by atoms with Crippen molar-refractivity contribution in [2.45, 2.75) is 33.6 Å². The molecule has 1 heterocycles. The van der Waals surface area contributed by atoms with Crippen LogP contribution in [0.4, 0.5) is 17.8 Å². The lowest BCUT2D eigenvalue weighted by Crippen LogP contribution is -2.25. The van der Waals surface area contributed by atoms with Crippen molar-refractivity contribution in [3.8, 4) is 0 Å². The maximum Gasteiger partial charge on any atom is 0.229 e. The number of aromatic nitrogens is 3. The fourth-order valence-electron chi connectivity index (χ4n) is 1.83. The van der Waals surface area contributed by atoms with Crippen LogP contribution >= 0.6 is 0 Å². The molecular weight excluding hydrogens is 254 g/mol. The first-order valence-corrected chi connectivity index (χ1v) is 7.41. The van der Waals surface area contributed by atoms with E-state index in [0.717, 1.165) is 45.6 Å². The molecule has 4 N–H and O–H groups in total. The highest BCUT2D eigenvalue weighted by atomic mass is 15.2. The van der Waals surface area contributed by atoms with Crippen LogP contribution < -0.4 is 16.4 Å². The molecule has 7 nitrogen and oxygen atoms in total. The molecule has 1 rings (SSSR count). The van der Waals surface area contributed by atoms with Crippen molar-refractivity contribution >= 4 is 17.8 Å². The van der Waals surface area contributed by atoms with Crippen molar-refractivity contribution < 1.29 is 0 Å².